The van der Waals surface area contributed by atoms with Gasteiger partial charge in [0, 0.05) is 37.2 Å². The number of nitrogens with one attached hydrogen (secondary N) is 1. The van der Waals surface area contributed by atoms with E-state index in [-0.39, 0.29) is 24.0 Å². The molecule has 0 radical (unpaired) electrons. The first kappa shape index (κ1) is 13.4. The number of carbonyl (C=O) groups excluding carboxylic acids is 1. The summed E-state index contributed by atoms with van der Waals surface area (Å²) in [5, 5.41) is 3.41. The summed E-state index contributed by atoms with van der Waals surface area (Å²) in [5.41, 5.74) is 1.00. The summed E-state index contributed by atoms with van der Waals surface area (Å²) in [7, 11) is 2.10. The van der Waals surface area contributed by atoms with E-state index in [4.69, 9.17) is 9.47 Å². The molecular formula is C16H20N2O3. The Hall–Kier alpha value is -1.27. The van der Waals surface area contributed by atoms with Gasteiger partial charge in [0.1, 0.15) is 5.78 Å². The van der Waals surface area contributed by atoms with Crippen molar-refractivity contribution in [2.24, 2.45) is 5.92 Å². The van der Waals surface area contributed by atoms with E-state index in [1.807, 2.05) is 30.3 Å². The van der Waals surface area contributed by atoms with Crippen molar-refractivity contribution in [1.82, 2.24) is 10.2 Å². The third-order valence-electron chi connectivity index (χ3n) is 4.94. The van der Waals surface area contributed by atoms with Crippen molar-refractivity contribution in [2.75, 3.05) is 20.1 Å². The molecule has 5 heteroatoms. The van der Waals surface area contributed by atoms with Gasteiger partial charge < -0.3 is 14.8 Å². The van der Waals surface area contributed by atoms with Crippen LogP contribution in [0.1, 0.15) is 18.3 Å². The quantitative estimate of drug-likeness (QED) is 0.877. The Morgan fingerprint density at radius 2 is 1.95 bits per heavy atom. The largest absolute Gasteiger partial charge is 0.318 e. The van der Waals surface area contributed by atoms with Gasteiger partial charge >= 0.3 is 0 Å². The van der Waals surface area contributed by atoms with Crippen LogP contribution >= 0.6 is 0 Å². The first-order chi connectivity index (χ1) is 10.2. The number of benzene rings is 1. The maximum absolute atomic E-state index is 12.4. The fraction of sp³-hybridized carbons (Fsp3) is 0.562. The average Bonchev–Trinajstić information content (AvgIpc) is 2.44. The number of nitrogens with zero attached hydrogens (tertiary/aromatic N) is 1. The Morgan fingerprint density at radius 3 is 2.71 bits per heavy atom. The predicted molar refractivity (Wildman–Crippen MR) is 76.5 cm³/mol. The fourth-order valence-electron chi connectivity index (χ4n) is 3.66. The second-order valence-electron chi connectivity index (χ2n) is 6.12. The van der Waals surface area contributed by atoms with E-state index in [2.05, 4.69) is 17.3 Å². The van der Waals surface area contributed by atoms with Crippen LogP contribution in [-0.4, -0.2) is 49.2 Å². The second-order valence-corrected chi connectivity index (χ2v) is 6.12. The molecule has 3 saturated heterocycles. The molecule has 3 atom stereocenters. The van der Waals surface area contributed by atoms with E-state index in [9.17, 15) is 4.79 Å². The van der Waals surface area contributed by atoms with Gasteiger partial charge in [0.25, 0.3) is 0 Å². The average molecular weight is 288 g/mol. The summed E-state index contributed by atoms with van der Waals surface area (Å²) in [6, 6.07) is 10.3. The van der Waals surface area contributed by atoms with Gasteiger partial charge in [0.05, 0.1) is 5.92 Å². The van der Waals surface area contributed by atoms with Crippen molar-refractivity contribution in [2.45, 2.75) is 31.1 Å². The molecule has 5 nitrogen and oxygen atoms in total. The lowest BCUT2D eigenvalue weighted by molar-refractivity contribution is -0.406. The summed E-state index contributed by atoms with van der Waals surface area (Å²) in [6.45, 7) is 1.72. The summed E-state index contributed by atoms with van der Waals surface area (Å²) >= 11 is 0. The number of likely N-dealkylation sites (N-methyl/N-ethyl adjacent to an activating group) is 1. The van der Waals surface area contributed by atoms with Crippen LogP contribution in [0.5, 0.6) is 0 Å². The Balaban J connectivity index is 1.46. The Morgan fingerprint density at radius 1 is 1.19 bits per heavy atom. The number of ketones is 1. The molecule has 3 aliphatic heterocycles. The SMILES string of the molecule is CN1C2CNCC1C(C1OC(c3ccccc3)O1)C(=O)C2. The zero-order valence-electron chi connectivity index (χ0n) is 12.1. The predicted octanol–water partition coefficient (Wildman–Crippen LogP) is 0.919. The molecule has 0 aromatic heterocycles. The molecule has 3 aliphatic rings. The van der Waals surface area contributed by atoms with Crippen molar-refractivity contribution in [3.8, 4) is 0 Å². The minimum absolute atomic E-state index is 0.173. The first-order valence-electron chi connectivity index (χ1n) is 7.55. The maximum Gasteiger partial charge on any atom is 0.189 e. The normalized spacial score (nSPS) is 39.9. The minimum Gasteiger partial charge on any atom is -0.318 e. The molecule has 2 bridgehead atoms. The number of fused-ring (bicyclic) bond motifs is 2. The third-order valence-corrected chi connectivity index (χ3v) is 4.94. The van der Waals surface area contributed by atoms with Gasteiger partial charge in [0.15, 0.2) is 12.6 Å². The van der Waals surface area contributed by atoms with Crippen LogP contribution in [0.3, 0.4) is 0 Å². The van der Waals surface area contributed by atoms with E-state index in [1.54, 1.807) is 0 Å². The van der Waals surface area contributed by atoms with Gasteiger partial charge in [-0.3, -0.25) is 9.69 Å². The fourth-order valence-corrected chi connectivity index (χ4v) is 3.66. The van der Waals surface area contributed by atoms with Crippen molar-refractivity contribution < 1.29 is 14.3 Å². The summed E-state index contributed by atoms with van der Waals surface area (Å²) in [4.78, 5) is 14.7. The van der Waals surface area contributed by atoms with Crippen LogP contribution in [-0.2, 0) is 14.3 Å². The van der Waals surface area contributed by atoms with Crippen molar-refractivity contribution in [3.63, 3.8) is 0 Å². The second kappa shape index (κ2) is 5.18. The van der Waals surface area contributed by atoms with E-state index < -0.39 is 6.29 Å². The van der Waals surface area contributed by atoms with Crippen molar-refractivity contribution in [3.05, 3.63) is 35.9 Å². The van der Waals surface area contributed by atoms with E-state index >= 15 is 0 Å². The van der Waals surface area contributed by atoms with Crippen LogP contribution < -0.4 is 5.32 Å². The lowest BCUT2D eigenvalue weighted by Crippen LogP contribution is -2.67. The number of Topliss-reactive ketones (excluding diaryl/α,β-unsaturated/α-hetero) is 1. The van der Waals surface area contributed by atoms with Crippen LogP contribution in [0.2, 0.25) is 0 Å². The molecule has 3 unspecified atom stereocenters. The molecule has 3 fully saturated rings. The molecule has 0 spiro atoms. The topological polar surface area (TPSA) is 50.8 Å². The molecular weight excluding hydrogens is 268 g/mol. The smallest absolute Gasteiger partial charge is 0.189 e. The van der Waals surface area contributed by atoms with E-state index in [1.165, 1.54) is 0 Å². The third kappa shape index (κ3) is 2.21. The van der Waals surface area contributed by atoms with E-state index in [0.717, 1.165) is 18.7 Å². The standard InChI is InChI=1S/C16H20N2O3/c1-18-11-7-13(19)14(12(18)9-17-8-11)16-20-15(21-16)10-5-3-2-4-6-10/h2-6,11-12,14-17H,7-9H2,1H3. The van der Waals surface area contributed by atoms with Crippen LogP contribution in [0, 0.1) is 5.92 Å². The number of piperidine rings is 1. The van der Waals surface area contributed by atoms with Crippen molar-refractivity contribution in [1.29, 1.82) is 0 Å². The molecule has 3 heterocycles. The summed E-state index contributed by atoms with van der Waals surface area (Å²) in [6.07, 6.45) is -0.149. The highest BCUT2D eigenvalue weighted by Gasteiger charge is 2.51. The number of hydrogen-bond donors (Lipinski definition) is 1. The molecule has 21 heavy (non-hydrogen) atoms. The molecule has 0 aliphatic carbocycles. The van der Waals surface area contributed by atoms with Crippen LogP contribution in [0.4, 0.5) is 0 Å². The highest BCUT2D eigenvalue weighted by atomic mass is 16.9. The highest BCUT2D eigenvalue weighted by Crippen LogP contribution is 2.40. The van der Waals surface area contributed by atoms with Gasteiger partial charge in [-0.25, -0.2) is 0 Å². The van der Waals surface area contributed by atoms with Gasteiger partial charge in [-0.1, -0.05) is 30.3 Å². The molecule has 4 rings (SSSR count). The number of piperazine rings is 1. The minimum atomic E-state index is -0.406. The summed E-state index contributed by atoms with van der Waals surface area (Å²) in [5.74, 6) is 0.0973. The van der Waals surface area contributed by atoms with Crippen LogP contribution in [0.15, 0.2) is 30.3 Å². The van der Waals surface area contributed by atoms with Crippen LogP contribution in [0.25, 0.3) is 0 Å². The van der Waals surface area contributed by atoms with Crippen molar-refractivity contribution >= 4 is 5.78 Å². The number of ether oxygens (including phenoxy) is 2. The Kier molecular flexibility index (Phi) is 3.30. The van der Waals surface area contributed by atoms with Gasteiger partial charge in [-0.05, 0) is 7.05 Å². The molecule has 1 aromatic carbocycles. The first-order valence-corrected chi connectivity index (χ1v) is 7.55. The lowest BCUT2D eigenvalue weighted by Gasteiger charge is -2.51. The zero-order valence-corrected chi connectivity index (χ0v) is 12.1. The van der Waals surface area contributed by atoms with E-state index in [0.29, 0.717) is 12.5 Å². The molecule has 112 valence electrons. The summed E-state index contributed by atoms with van der Waals surface area (Å²) < 4.78 is 11.8. The highest BCUT2D eigenvalue weighted by molar-refractivity contribution is 5.84. The molecule has 0 amide bonds. The van der Waals surface area contributed by atoms with Gasteiger partial charge in [-0.2, -0.15) is 0 Å². The lowest BCUT2D eigenvalue weighted by atomic mass is 9.81. The maximum atomic E-state index is 12.4. The Labute approximate surface area is 124 Å². The number of hydrogen-bond acceptors (Lipinski definition) is 5. The van der Waals surface area contributed by atoms with Gasteiger partial charge in [0.2, 0.25) is 0 Å². The number of rotatable bonds is 2. The monoisotopic (exact) mass is 288 g/mol. The van der Waals surface area contributed by atoms with Gasteiger partial charge in [-0.15, -0.1) is 0 Å². The molecule has 0 saturated carbocycles. The zero-order chi connectivity index (χ0) is 14.4. The molecule has 1 N–H and O–H groups in total. The number of carbonyl (C=O) groups is 1. The Bertz CT molecular complexity index is 530. The molecule has 1 aromatic rings.